The largest absolute Gasteiger partial charge is 0.497 e. The zero-order chi connectivity index (χ0) is 13.2. The molecule has 3 heteroatoms. The highest BCUT2D eigenvalue weighted by Gasteiger charge is 2.22. The van der Waals surface area contributed by atoms with Gasteiger partial charge in [0.05, 0.1) is 7.11 Å². The molecule has 0 saturated carbocycles. The SMILES string of the molecule is COc1ccc([C@H]2Nc3ccccc3[C@@H](C)N2)cc1. The Hall–Kier alpha value is -2.00. The van der Waals surface area contributed by atoms with Crippen molar-refractivity contribution in [1.82, 2.24) is 5.32 Å². The van der Waals surface area contributed by atoms with Crippen molar-refractivity contribution in [2.75, 3.05) is 12.4 Å². The normalized spacial score (nSPS) is 21.4. The first-order valence-electron chi connectivity index (χ1n) is 6.53. The van der Waals surface area contributed by atoms with Gasteiger partial charge in [-0.2, -0.15) is 0 Å². The summed E-state index contributed by atoms with van der Waals surface area (Å²) in [5.41, 5.74) is 3.73. The van der Waals surface area contributed by atoms with E-state index < -0.39 is 0 Å². The summed E-state index contributed by atoms with van der Waals surface area (Å²) in [4.78, 5) is 0. The lowest BCUT2D eigenvalue weighted by atomic mass is 10.0. The minimum absolute atomic E-state index is 0.135. The molecule has 0 aliphatic carbocycles. The van der Waals surface area contributed by atoms with Crippen LogP contribution in [0.5, 0.6) is 5.75 Å². The van der Waals surface area contributed by atoms with Crippen LogP contribution in [0.25, 0.3) is 0 Å². The molecule has 0 saturated heterocycles. The van der Waals surface area contributed by atoms with Crippen LogP contribution >= 0.6 is 0 Å². The van der Waals surface area contributed by atoms with Gasteiger partial charge in [-0.15, -0.1) is 0 Å². The van der Waals surface area contributed by atoms with Gasteiger partial charge >= 0.3 is 0 Å². The van der Waals surface area contributed by atoms with Crippen LogP contribution in [0.4, 0.5) is 5.69 Å². The number of nitrogens with one attached hydrogen (secondary N) is 2. The number of anilines is 1. The summed E-state index contributed by atoms with van der Waals surface area (Å²) >= 11 is 0. The Kier molecular flexibility index (Phi) is 3.13. The van der Waals surface area contributed by atoms with Gasteiger partial charge in [0, 0.05) is 11.7 Å². The maximum atomic E-state index is 5.19. The highest BCUT2D eigenvalue weighted by molar-refractivity contribution is 5.56. The van der Waals surface area contributed by atoms with E-state index in [0.29, 0.717) is 6.04 Å². The number of hydrogen-bond donors (Lipinski definition) is 2. The molecule has 2 aromatic rings. The zero-order valence-corrected chi connectivity index (χ0v) is 11.2. The van der Waals surface area contributed by atoms with E-state index in [1.54, 1.807) is 7.11 Å². The molecule has 0 bridgehead atoms. The number of para-hydroxylation sites is 1. The van der Waals surface area contributed by atoms with Crippen molar-refractivity contribution < 1.29 is 4.74 Å². The molecule has 2 atom stereocenters. The Bertz CT molecular complexity index is 565. The van der Waals surface area contributed by atoms with E-state index in [9.17, 15) is 0 Å². The molecule has 0 amide bonds. The topological polar surface area (TPSA) is 33.3 Å². The summed E-state index contributed by atoms with van der Waals surface area (Å²) in [6.07, 6.45) is 0.135. The van der Waals surface area contributed by atoms with Crippen LogP contribution < -0.4 is 15.4 Å². The first kappa shape index (κ1) is 12.1. The van der Waals surface area contributed by atoms with Crippen LogP contribution in [0.3, 0.4) is 0 Å². The molecule has 1 heterocycles. The first-order valence-corrected chi connectivity index (χ1v) is 6.53. The summed E-state index contributed by atoms with van der Waals surface area (Å²) < 4.78 is 5.19. The Morgan fingerprint density at radius 3 is 2.47 bits per heavy atom. The van der Waals surface area contributed by atoms with Crippen LogP contribution in [-0.2, 0) is 0 Å². The number of fused-ring (bicyclic) bond motifs is 1. The van der Waals surface area contributed by atoms with Crippen molar-refractivity contribution in [2.45, 2.75) is 19.1 Å². The zero-order valence-electron chi connectivity index (χ0n) is 11.2. The van der Waals surface area contributed by atoms with Gasteiger partial charge in [-0.25, -0.2) is 0 Å². The van der Waals surface area contributed by atoms with E-state index in [2.05, 4.69) is 54.0 Å². The van der Waals surface area contributed by atoms with Crippen LogP contribution in [-0.4, -0.2) is 7.11 Å². The third-order valence-electron chi connectivity index (χ3n) is 3.59. The lowest BCUT2D eigenvalue weighted by Crippen LogP contribution is -2.35. The fourth-order valence-corrected chi connectivity index (χ4v) is 2.52. The molecule has 0 radical (unpaired) electrons. The minimum Gasteiger partial charge on any atom is -0.497 e. The Balaban J connectivity index is 1.87. The molecular formula is C16H18N2O. The van der Waals surface area contributed by atoms with Gasteiger partial charge in [0.15, 0.2) is 0 Å². The molecule has 0 fully saturated rings. The van der Waals surface area contributed by atoms with Crippen molar-refractivity contribution in [2.24, 2.45) is 0 Å². The third-order valence-corrected chi connectivity index (χ3v) is 3.59. The first-order chi connectivity index (χ1) is 9.28. The maximum Gasteiger partial charge on any atom is 0.118 e. The second kappa shape index (κ2) is 4.94. The van der Waals surface area contributed by atoms with E-state index in [1.807, 2.05) is 12.1 Å². The molecule has 0 aromatic heterocycles. The predicted octanol–water partition coefficient (Wildman–Crippen LogP) is 3.47. The third kappa shape index (κ3) is 2.29. The molecule has 2 aromatic carbocycles. The van der Waals surface area contributed by atoms with E-state index in [-0.39, 0.29) is 6.17 Å². The standard InChI is InChI=1S/C16H18N2O/c1-11-14-5-3-4-6-15(14)18-16(17-11)12-7-9-13(19-2)10-8-12/h3-11,16-18H,1-2H3/t11-,16-/m1/s1. The predicted molar refractivity (Wildman–Crippen MR) is 77.4 cm³/mol. The molecule has 3 rings (SSSR count). The second-order valence-electron chi connectivity index (χ2n) is 4.83. The summed E-state index contributed by atoms with van der Waals surface area (Å²) in [6, 6.07) is 16.9. The average Bonchev–Trinajstić information content (AvgIpc) is 2.47. The molecule has 2 N–H and O–H groups in total. The van der Waals surface area contributed by atoms with Gasteiger partial charge in [0.2, 0.25) is 0 Å². The maximum absolute atomic E-state index is 5.19. The molecule has 1 aliphatic rings. The number of rotatable bonds is 2. The Labute approximate surface area is 113 Å². The number of methoxy groups -OCH3 is 1. The van der Waals surface area contributed by atoms with Crippen LogP contribution in [0, 0.1) is 0 Å². The highest BCUT2D eigenvalue weighted by atomic mass is 16.5. The van der Waals surface area contributed by atoms with Gasteiger partial charge in [-0.3, -0.25) is 5.32 Å². The molecule has 1 aliphatic heterocycles. The number of ether oxygens (including phenoxy) is 1. The van der Waals surface area contributed by atoms with Gasteiger partial charge < -0.3 is 10.1 Å². The van der Waals surface area contributed by atoms with E-state index >= 15 is 0 Å². The average molecular weight is 254 g/mol. The van der Waals surface area contributed by atoms with Crippen molar-refractivity contribution in [3.63, 3.8) is 0 Å². The molecular weight excluding hydrogens is 236 g/mol. The lowest BCUT2D eigenvalue weighted by Gasteiger charge is -2.33. The van der Waals surface area contributed by atoms with Gasteiger partial charge in [-0.05, 0) is 36.2 Å². The smallest absolute Gasteiger partial charge is 0.118 e. The number of hydrogen-bond acceptors (Lipinski definition) is 3. The quantitative estimate of drug-likeness (QED) is 0.861. The Morgan fingerprint density at radius 1 is 1.00 bits per heavy atom. The Morgan fingerprint density at radius 2 is 1.74 bits per heavy atom. The van der Waals surface area contributed by atoms with E-state index in [1.165, 1.54) is 16.8 Å². The monoisotopic (exact) mass is 254 g/mol. The molecule has 0 unspecified atom stereocenters. The van der Waals surface area contributed by atoms with E-state index in [4.69, 9.17) is 4.74 Å². The fraction of sp³-hybridized carbons (Fsp3) is 0.250. The molecule has 3 nitrogen and oxygen atoms in total. The van der Waals surface area contributed by atoms with E-state index in [0.717, 1.165) is 5.75 Å². The van der Waals surface area contributed by atoms with Crippen molar-refractivity contribution in [1.29, 1.82) is 0 Å². The van der Waals surface area contributed by atoms with Crippen molar-refractivity contribution in [3.8, 4) is 5.75 Å². The summed E-state index contributed by atoms with van der Waals surface area (Å²) in [5, 5.41) is 7.10. The highest BCUT2D eigenvalue weighted by Crippen LogP contribution is 2.32. The fourth-order valence-electron chi connectivity index (χ4n) is 2.52. The van der Waals surface area contributed by atoms with Crippen molar-refractivity contribution >= 4 is 5.69 Å². The minimum atomic E-state index is 0.135. The molecule has 98 valence electrons. The van der Waals surface area contributed by atoms with Crippen LogP contribution in [0.1, 0.15) is 30.3 Å². The lowest BCUT2D eigenvalue weighted by molar-refractivity contribution is 0.414. The van der Waals surface area contributed by atoms with Gasteiger partial charge in [0.25, 0.3) is 0 Å². The number of benzene rings is 2. The summed E-state index contributed by atoms with van der Waals surface area (Å²) in [5.74, 6) is 0.882. The summed E-state index contributed by atoms with van der Waals surface area (Å²) in [7, 11) is 1.68. The summed E-state index contributed by atoms with van der Waals surface area (Å²) in [6.45, 7) is 2.19. The van der Waals surface area contributed by atoms with Gasteiger partial charge in [-0.1, -0.05) is 30.3 Å². The van der Waals surface area contributed by atoms with Crippen LogP contribution in [0.15, 0.2) is 48.5 Å². The van der Waals surface area contributed by atoms with Gasteiger partial charge in [0.1, 0.15) is 11.9 Å². The molecule has 0 spiro atoms. The van der Waals surface area contributed by atoms with Crippen molar-refractivity contribution in [3.05, 3.63) is 59.7 Å². The van der Waals surface area contributed by atoms with Crippen LogP contribution in [0.2, 0.25) is 0 Å². The molecule has 19 heavy (non-hydrogen) atoms. The second-order valence-corrected chi connectivity index (χ2v) is 4.83.